The highest BCUT2D eigenvalue weighted by molar-refractivity contribution is 6.00. The molecule has 4 nitrogen and oxygen atoms in total. The van der Waals surface area contributed by atoms with Crippen LogP contribution in [0.2, 0.25) is 0 Å². The van der Waals surface area contributed by atoms with E-state index in [4.69, 9.17) is 9.47 Å². The number of carbonyl (C=O) groups is 2. The Morgan fingerprint density at radius 1 is 1.00 bits per heavy atom. The van der Waals surface area contributed by atoms with Gasteiger partial charge < -0.3 is 9.47 Å². The smallest absolute Gasteiger partial charge is 0.324 e. The Morgan fingerprint density at radius 3 is 1.80 bits per heavy atom. The van der Waals surface area contributed by atoms with Crippen molar-refractivity contribution >= 4 is 11.9 Å². The molecule has 4 heteroatoms. The van der Waals surface area contributed by atoms with Gasteiger partial charge in [-0.05, 0) is 38.5 Å². The second-order valence-corrected chi connectivity index (χ2v) is 5.80. The maximum atomic E-state index is 12.6. The Bertz CT molecular complexity index is 311. The molecular formula is C16H28O4. The molecule has 0 aromatic heterocycles. The van der Waals surface area contributed by atoms with Crippen molar-refractivity contribution in [3.63, 3.8) is 0 Å². The third kappa shape index (κ3) is 3.15. The molecule has 0 N–H and O–H groups in total. The van der Waals surface area contributed by atoms with Crippen LogP contribution in [0.4, 0.5) is 0 Å². The van der Waals surface area contributed by atoms with Crippen LogP contribution in [0.1, 0.15) is 59.8 Å². The summed E-state index contributed by atoms with van der Waals surface area (Å²) in [4.78, 5) is 25.2. The molecule has 0 saturated heterocycles. The molecule has 0 aromatic rings. The maximum absolute atomic E-state index is 12.6. The number of hydrogen-bond donors (Lipinski definition) is 0. The Hall–Kier alpha value is -1.06. The molecule has 0 aliphatic heterocycles. The number of rotatable bonds is 6. The third-order valence-corrected chi connectivity index (χ3v) is 4.39. The molecule has 0 bridgehead atoms. The minimum Gasteiger partial charge on any atom is -0.465 e. The van der Waals surface area contributed by atoms with Gasteiger partial charge in [-0.25, -0.2) is 0 Å². The van der Waals surface area contributed by atoms with Gasteiger partial charge in [0, 0.05) is 0 Å². The zero-order valence-electron chi connectivity index (χ0n) is 13.2. The van der Waals surface area contributed by atoms with E-state index < -0.39 is 17.4 Å². The van der Waals surface area contributed by atoms with Gasteiger partial charge in [-0.3, -0.25) is 9.59 Å². The van der Waals surface area contributed by atoms with E-state index in [9.17, 15) is 9.59 Å². The van der Waals surface area contributed by atoms with Crippen LogP contribution in [0.3, 0.4) is 0 Å². The first-order chi connectivity index (χ1) is 9.51. The van der Waals surface area contributed by atoms with E-state index in [1.807, 2.05) is 13.8 Å². The molecule has 0 radical (unpaired) electrons. The SMILES string of the molecule is CCOC(=O)C(C(=O)OCC)(C(C)C)C1CCCCC1. The monoisotopic (exact) mass is 284 g/mol. The van der Waals surface area contributed by atoms with E-state index >= 15 is 0 Å². The van der Waals surface area contributed by atoms with Crippen molar-refractivity contribution in [2.45, 2.75) is 59.8 Å². The molecule has 1 saturated carbocycles. The van der Waals surface area contributed by atoms with Gasteiger partial charge in [-0.15, -0.1) is 0 Å². The fraction of sp³-hybridized carbons (Fsp3) is 0.875. The third-order valence-electron chi connectivity index (χ3n) is 4.39. The van der Waals surface area contributed by atoms with Crippen molar-refractivity contribution in [1.29, 1.82) is 0 Å². The van der Waals surface area contributed by atoms with E-state index in [-0.39, 0.29) is 11.8 Å². The highest BCUT2D eigenvalue weighted by atomic mass is 16.6. The number of esters is 2. The van der Waals surface area contributed by atoms with E-state index in [1.165, 1.54) is 6.42 Å². The van der Waals surface area contributed by atoms with Crippen LogP contribution in [0.25, 0.3) is 0 Å². The van der Waals surface area contributed by atoms with Crippen molar-refractivity contribution < 1.29 is 19.1 Å². The fourth-order valence-corrected chi connectivity index (χ4v) is 3.42. The van der Waals surface area contributed by atoms with Gasteiger partial charge in [0.2, 0.25) is 0 Å². The predicted octanol–water partition coefficient (Wildman–Crippen LogP) is 3.34. The van der Waals surface area contributed by atoms with Crippen molar-refractivity contribution in [3.8, 4) is 0 Å². The predicted molar refractivity (Wildman–Crippen MR) is 77.1 cm³/mol. The maximum Gasteiger partial charge on any atom is 0.324 e. The lowest BCUT2D eigenvalue weighted by atomic mass is 9.63. The summed E-state index contributed by atoms with van der Waals surface area (Å²) in [6, 6.07) is 0. The summed E-state index contributed by atoms with van der Waals surface area (Å²) >= 11 is 0. The summed E-state index contributed by atoms with van der Waals surface area (Å²) in [5, 5.41) is 0. The lowest BCUT2D eigenvalue weighted by Crippen LogP contribution is -2.52. The Morgan fingerprint density at radius 2 is 1.45 bits per heavy atom. The van der Waals surface area contributed by atoms with E-state index in [2.05, 4.69) is 0 Å². The van der Waals surface area contributed by atoms with Gasteiger partial charge in [-0.2, -0.15) is 0 Å². The molecule has 1 aliphatic rings. The quantitative estimate of drug-likeness (QED) is 0.554. The summed E-state index contributed by atoms with van der Waals surface area (Å²) in [6.07, 6.45) is 5.11. The Kier molecular flexibility index (Phi) is 6.50. The number of carbonyl (C=O) groups excluding carboxylic acids is 2. The van der Waals surface area contributed by atoms with Crippen LogP contribution >= 0.6 is 0 Å². The van der Waals surface area contributed by atoms with Gasteiger partial charge in [0.15, 0.2) is 5.41 Å². The van der Waals surface area contributed by atoms with Crippen LogP contribution in [0.5, 0.6) is 0 Å². The van der Waals surface area contributed by atoms with Crippen molar-refractivity contribution in [3.05, 3.63) is 0 Å². The molecule has 0 aromatic carbocycles. The first kappa shape index (κ1) is 17.0. The second kappa shape index (κ2) is 7.65. The average molecular weight is 284 g/mol. The molecule has 116 valence electrons. The Labute approximate surface area is 122 Å². The molecule has 0 heterocycles. The van der Waals surface area contributed by atoms with E-state index in [0.717, 1.165) is 25.7 Å². The van der Waals surface area contributed by atoms with Crippen LogP contribution in [0.15, 0.2) is 0 Å². The molecule has 0 amide bonds. The zero-order chi connectivity index (χ0) is 15.2. The van der Waals surface area contributed by atoms with Crippen molar-refractivity contribution in [2.24, 2.45) is 17.3 Å². The molecule has 0 spiro atoms. The van der Waals surface area contributed by atoms with Crippen LogP contribution in [0, 0.1) is 17.3 Å². The van der Waals surface area contributed by atoms with E-state index in [0.29, 0.717) is 13.2 Å². The standard InChI is InChI=1S/C16H28O4/c1-5-19-14(17)16(12(3)4,15(18)20-6-2)13-10-8-7-9-11-13/h12-13H,5-11H2,1-4H3. The summed E-state index contributed by atoms with van der Waals surface area (Å²) in [5.41, 5.74) is -1.13. The van der Waals surface area contributed by atoms with Crippen LogP contribution in [-0.2, 0) is 19.1 Å². The van der Waals surface area contributed by atoms with Gasteiger partial charge in [-0.1, -0.05) is 33.1 Å². The normalized spacial score (nSPS) is 17.1. The molecule has 1 aliphatic carbocycles. The summed E-state index contributed by atoms with van der Waals surface area (Å²) in [5.74, 6) is -0.890. The van der Waals surface area contributed by atoms with Crippen LogP contribution < -0.4 is 0 Å². The summed E-state index contributed by atoms with van der Waals surface area (Å²) < 4.78 is 10.5. The molecular weight excluding hydrogens is 256 g/mol. The molecule has 20 heavy (non-hydrogen) atoms. The van der Waals surface area contributed by atoms with Gasteiger partial charge in [0.05, 0.1) is 13.2 Å². The van der Waals surface area contributed by atoms with Crippen LogP contribution in [-0.4, -0.2) is 25.2 Å². The lowest BCUT2D eigenvalue weighted by molar-refractivity contribution is -0.182. The number of hydrogen-bond acceptors (Lipinski definition) is 4. The van der Waals surface area contributed by atoms with Gasteiger partial charge in [0.1, 0.15) is 0 Å². The summed E-state index contributed by atoms with van der Waals surface area (Å²) in [7, 11) is 0. The molecule has 0 atom stereocenters. The molecule has 1 rings (SSSR count). The van der Waals surface area contributed by atoms with Crippen molar-refractivity contribution in [2.75, 3.05) is 13.2 Å². The fourth-order valence-electron chi connectivity index (χ4n) is 3.42. The minimum absolute atomic E-state index is 0.0364. The topological polar surface area (TPSA) is 52.6 Å². The van der Waals surface area contributed by atoms with Gasteiger partial charge in [0.25, 0.3) is 0 Å². The lowest BCUT2D eigenvalue weighted by Gasteiger charge is -2.41. The van der Waals surface area contributed by atoms with Gasteiger partial charge >= 0.3 is 11.9 Å². The number of ether oxygens (including phenoxy) is 2. The average Bonchev–Trinajstić information content (AvgIpc) is 2.41. The first-order valence-electron chi connectivity index (χ1n) is 7.86. The first-order valence-corrected chi connectivity index (χ1v) is 7.86. The van der Waals surface area contributed by atoms with Crippen molar-refractivity contribution in [1.82, 2.24) is 0 Å². The minimum atomic E-state index is -1.13. The second-order valence-electron chi connectivity index (χ2n) is 5.80. The molecule has 1 fully saturated rings. The zero-order valence-corrected chi connectivity index (χ0v) is 13.2. The Balaban J connectivity index is 3.17. The van der Waals surface area contributed by atoms with E-state index in [1.54, 1.807) is 13.8 Å². The largest absolute Gasteiger partial charge is 0.465 e. The highest BCUT2D eigenvalue weighted by Crippen LogP contribution is 2.46. The molecule has 0 unspecified atom stereocenters. The summed E-state index contributed by atoms with van der Waals surface area (Å²) in [6.45, 7) is 7.97. The highest BCUT2D eigenvalue weighted by Gasteiger charge is 2.56.